The first-order valence-electron chi connectivity index (χ1n) is 9.92. The normalized spacial score (nSPS) is 14.6. The van der Waals surface area contributed by atoms with Crippen molar-refractivity contribution >= 4 is 11.8 Å². The third kappa shape index (κ3) is 5.35. The Morgan fingerprint density at radius 3 is 2.46 bits per heavy atom. The average Bonchev–Trinajstić information content (AvgIpc) is 2.70. The summed E-state index contributed by atoms with van der Waals surface area (Å²) in [6.45, 7) is 5.90. The fourth-order valence-electron chi connectivity index (χ4n) is 3.52. The lowest BCUT2D eigenvalue weighted by molar-refractivity contribution is -0.121. The van der Waals surface area contributed by atoms with E-state index in [1.165, 1.54) is 0 Å². The van der Waals surface area contributed by atoms with Crippen molar-refractivity contribution in [3.63, 3.8) is 0 Å². The highest BCUT2D eigenvalue weighted by Gasteiger charge is 2.24. The molecular formula is C23H28N2O3. The average molecular weight is 380 g/mol. The number of aryl methyl sites for hydroxylation is 1. The van der Waals surface area contributed by atoms with Crippen LogP contribution in [-0.4, -0.2) is 42.5 Å². The summed E-state index contributed by atoms with van der Waals surface area (Å²) in [5.74, 6) is 0.910. The zero-order valence-corrected chi connectivity index (χ0v) is 16.6. The maximum atomic E-state index is 12.6. The molecule has 0 radical (unpaired) electrons. The summed E-state index contributed by atoms with van der Waals surface area (Å²) in [5.41, 5.74) is 2.79. The number of rotatable bonds is 6. The van der Waals surface area contributed by atoms with Crippen LogP contribution in [0.1, 0.15) is 41.3 Å². The van der Waals surface area contributed by atoms with E-state index in [4.69, 9.17) is 4.74 Å². The van der Waals surface area contributed by atoms with Gasteiger partial charge in [-0.25, -0.2) is 0 Å². The van der Waals surface area contributed by atoms with E-state index in [9.17, 15) is 9.59 Å². The van der Waals surface area contributed by atoms with Gasteiger partial charge in [0, 0.05) is 24.7 Å². The second kappa shape index (κ2) is 9.40. The molecule has 1 fully saturated rings. The molecule has 1 N–H and O–H groups in total. The van der Waals surface area contributed by atoms with Crippen LogP contribution in [0, 0.1) is 6.92 Å². The van der Waals surface area contributed by atoms with Crippen LogP contribution >= 0.6 is 0 Å². The van der Waals surface area contributed by atoms with Gasteiger partial charge in [-0.15, -0.1) is 0 Å². The lowest BCUT2D eigenvalue weighted by Gasteiger charge is -2.32. The Morgan fingerprint density at radius 1 is 1.11 bits per heavy atom. The highest BCUT2D eigenvalue weighted by Crippen LogP contribution is 2.16. The molecule has 1 aliphatic rings. The zero-order valence-electron chi connectivity index (χ0n) is 16.6. The minimum atomic E-state index is 0.0209. The summed E-state index contributed by atoms with van der Waals surface area (Å²) in [6, 6.07) is 15.4. The molecule has 5 nitrogen and oxygen atoms in total. The minimum absolute atomic E-state index is 0.0209. The first-order valence-corrected chi connectivity index (χ1v) is 9.92. The Kier molecular flexibility index (Phi) is 6.69. The Bertz CT molecular complexity index is 809. The maximum absolute atomic E-state index is 12.6. The molecule has 0 bridgehead atoms. The SMILES string of the molecule is CCOc1ccc(CC(=O)NC2CCN(C(=O)c3cccc(C)c3)CC2)cc1. The molecule has 5 heteroatoms. The van der Waals surface area contributed by atoms with Crippen molar-refractivity contribution in [2.75, 3.05) is 19.7 Å². The molecule has 0 aromatic heterocycles. The van der Waals surface area contributed by atoms with Crippen molar-refractivity contribution in [2.24, 2.45) is 0 Å². The van der Waals surface area contributed by atoms with Crippen LogP contribution < -0.4 is 10.1 Å². The van der Waals surface area contributed by atoms with Crippen molar-refractivity contribution in [2.45, 2.75) is 39.2 Å². The summed E-state index contributed by atoms with van der Waals surface area (Å²) in [5, 5.41) is 3.11. The van der Waals surface area contributed by atoms with Crippen molar-refractivity contribution in [3.05, 3.63) is 65.2 Å². The van der Waals surface area contributed by atoms with Gasteiger partial charge in [-0.05, 0) is 56.5 Å². The molecule has 2 aromatic carbocycles. The van der Waals surface area contributed by atoms with Gasteiger partial charge in [0.2, 0.25) is 5.91 Å². The highest BCUT2D eigenvalue weighted by molar-refractivity contribution is 5.94. The topological polar surface area (TPSA) is 58.6 Å². The van der Waals surface area contributed by atoms with Crippen LogP contribution in [0.3, 0.4) is 0 Å². The first-order chi connectivity index (χ1) is 13.5. The lowest BCUT2D eigenvalue weighted by atomic mass is 10.0. The number of nitrogens with zero attached hydrogens (tertiary/aromatic N) is 1. The molecule has 2 aromatic rings. The van der Waals surface area contributed by atoms with E-state index >= 15 is 0 Å². The number of benzene rings is 2. The van der Waals surface area contributed by atoms with Gasteiger partial charge in [0.1, 0.15) is 5.75 Å². The summed E-state index contributed by atoms with van der Waals surface area (Å²) < 4.78 is 5.42. The quantitative estimate of drug-likeness (QED) is 0.836. The molecule has 0 saturated carbocycles. The van der Waals surface area contributed by atoms with E-state index in [1.54, 1.807) is 0 Å². The molecule has 1 heterocycles. The monoisotopic (exact) mass is 380 g/mol. The number of ether oxygens (including phenoxy) is 1. The fourth-order valence-corrected chi connectivity index (χ4v) is 3.52. The van der Waals surface area contributed by atoms with Crippen molar-refractivity contribution < 1.29 is 14.3 Å². The zero-order chi connectivity index (χ0) is 19.9. The molecule has 0 atom stereocenters. The van der Waals surface area contributed by atoms with Gasteiger partial charge in [-0.2, -0.15) is 0 Å². The number of piperidine rings is 1. The van der Waals surface area contributed by atoms with E-state index < -0.39 is 0 Å². The highest BCUT2D eigenvalue weighted by atomic mass is 16.5. The number of hydrogen-bond donors (Lipinski definition) is 1. The van der Waals surface area contributed by atoms with Gasteiger partial charge < -0.3 is 15.0 Å². The van der Waals surface area contributed by atoms with Gasteiger partial charge in [0.15, 0.2) is 0 Å². The van der Waals surface area contributed by atoms with Crippen LogP contribution in [0.4, 0.5) is 0 Å². The third-order valence-electron chi connectivity index (χ3n) is 5.01. The molecule has 0 unspecified atom stereocenters. The summed E-state index contributed by atoms with van der Waals surface area (Å²) in [6.07, 6.45) is 1.92. The molecule has 148 valence electrons. The number of carbonyl (C=O) groups excluding carboxylic acids is 2. The van der Waals surface area contributed by atoms with Crippen molar-refractivity contribution in [1.29, 1.82) is 0 Å². The van der Waals surface area contributed by atoms with Gasteiger partial charge in [-0.3, -0.25) is 9.59 Å². The van der Waals surface area contributed by atoms with E-state index in [0.717, 1.165) is 35.3 Å². The summed E-state index contributed by atoms with van der Waals surface area (Å²) in [4.78, 5) is 26.8. The van der Waals surface area contributed by atoms with Gasteiger partial charge in [0.05, 0.1) is 13.0 Å². The molecule has 0 spiro atoms. The number of amides is 2. The predicted octanol–water partition coefficient (Wildman–Crippen LogP) is 3.36. The molecule has 2 amide bonds. The summed E-state index contributed by atoms with van der Waals surface area (Å²) >= 11 is 0. The Hall–Kier alpha value is -2.82. The largest absolute Gasteiger partial charge is 0.494 e. The summed E-state index contributed by atoms with van der Waals surface area (Å²) in [7, 11) is 0. The molecule has 1 aliphatic heterocycles. The van der Waals surface area contributed by atoms with Gasteiger partial charge in [-0.1, -0.05) is 29.8 Å². The maximum Gasteiger partial charge on any atom is 0.253 e. The van der Waals surface area contributed by atoms with Crippen LogP contribution in [-0.2, 0) is 11.2 Å². The molecular weight excluding hydrogens is 352 g/mol. The molecule has 1 saturated heterocycles. The second-order valence-electron chi connectivity index (χ2n) is 7.26. The van der Waals surface area contributed by atoms with Gasteiger partial charge >= 0.3 is 0 Å². The Labute approximate surface area is 166 Å². The second-order valence-corrected chi connectivity index (χ2v) is 7.26. The first kappa shape index (κ1) is 19.9. The molecule has 3 rings (SSSR count). The molecule has 0 aliphatic carbocycles. The lowest BCUT2D eigenvalue weighted by Crippen LogP contribution is -2.46. The van der Waals surface area contributed by atoms with E-state index in [0.29, 0.717) is 26.1 Å². The number of carbonyl (C=O) groups is 2. The molecule has 28 heavy (non-hydrogen) atoms. The van der Waals surface area contributed by atoms with Crippen molar-refractivity contribution in [1.82, 2.24) is 10.2 Å². The van der Waals surface area contributed by atoms with Crippen LogP contribution in [0.25, 0.3) is 0 Å². The van der Waals surface area contributed by atoms with Gasteiger partial charge in [0.25, 0.3) is 5.91 Å². The van der Waals surface area contributed by atoms with Crippen molar-refractivity contribution in [3.8, 4) is 5.75 Å². The Morgan fingerprint density at radius 2 is 1.82 bits per heavy atom. The smallest absolute Gasteiger partial charge is 0.253 e. The fraction of sp³-hybridized carbons (Fsp3) is 0.391. The third-order valence-corrected chi connectivity index (χ3v) is 5.01. The Balaban J connectivity index is 1.46. The van der Waals surface area contributed by atoms with Crippen LogP contribution in [0.15, 0.2) is 48.5 Å². The van der Waals surface area contributed by atoms with Crippen LogP contribution in [0.2, 0.25) is 0 Å². The van der Waals surface area contributed by atoms with Crippen LogP contribution in [0.5, 0.6) is 5.75 Å². The van der Waals surface area contributed by atoms with E-state index in [2.05, 4.69) is 5.32 Å². The minimum Gasteiger partial charge on any atom is -0.494 e. The number of hydrogen-bond acceptors (Lipinski definition) is 3. The number of nitrogens with one attached hydrogen (secondary N) is 1. The standard InChI is InChI=1S/C23H28N2O3/c1-3-28-21-9-7-18(8-10-21)16-22(26)24-20-11-13-25(14-12-20)23(27)19-6-4-5-17(2)15-19/h4-10,15,20H,3,11-14,16H2,1-2H3,(H,24,26). The van der Waals surface area contributed by atoms with E-state index in [1.807, 2.05) is 67.3 Å². The predicted molar refractivity (Wildman–Crippen MR) is 110 cm³/mol. The number of likely N-dealkylation sites (tertiary alicyclic amines) is 1. The van der Waals surface area contributed by atoms with E-state index in [-0.39, 0.29) is 17.9 Å².